The van der Waals surface area contributed by atoms with Crippen LogP contribution in [0.3, 0.4) is 0 Å². The molecule has 1 aliphatic rings. The fourth-order valence-corrected chi connectivity index (χ4v) is 2.11. The van der Waals surface area contributed by atoms with Gasteiger partial charge in [0, 0.05) is 18.8 Å². The van der Waals surface area contributed by atoms with Crippen molar-refractivity contribution < 1.29 is 4.79 Å². The average Bonchev–Trinajstić information content (AvgIpc) is 2.57. The monoisotopic (exact) mass is 292 g/mol. The van der Waals surface area contributed by atoms with Crippen LogP contribution in [0, 0.1) is 0 Å². The molecule has 0 atom stereocenters. The van der Waals surface area contributed by atoms with Gasteiger partial charge < -0.3 is 4.90 Å². The number of fused-ring (bicyclic) bond motifs is 1. The molecule has 1 amide bonds. The Morgan fingerprint density at radius 1 is 1.53 bits per heavy atom. The number of alkyl halides is 1. The molecule has 0 spiro atoms. The summed E-state index contributed by atoms with van der Waals surface area (Å²) in [6.07, 6.45) is 0.386. The maximum absolute atomic E-state index is 11.6. The van der Waals surface area contributed by atoms with E-state index in [1.807, 2.05) is 4.68 Å². The lowest BCUT2D eigenvalue weighted by molar-refractivity contribution is -0.132. The standard InChI is InChI=1S/C8H10BrClN4O/c9-8-11-6-5-13(7(15)1-2-10)3-4-14(6)12-8/h1-5H2. The van der Waals surface area contributed by atoms with Crippen LogP contribution in [0.5, 0.6) is 0 Å². The molecule has 5 nitrogen and oxygen atoms in total. The smallest absolute Gasteiger partial charge is 0.224 e. The van der Waals surface area contributed by atoms with E-state index in [1.54, 1.807) is 4.90 Å². The van der Waals surface area contributed by atoms with Crippen molar-refractivity contribution in [2.24, 2.45) is 0 Å². The van der Waals surface area contributed by atoms with Gasteiger partial charge in [0.1, 0.15) is 5.82 Å². The van der Waals surface area contributed by atoms with Crippen molar-refractivity contribution in [1.29, 1.82) is 0 Å². The van der Waals surface area contributed by atoms with Crippen LogP contribution in [-0.4, -0.2) is 38.0 Å². The van der Waals surface area contributed by atoms with Crippen molar-refractivity contribution in [3.05, 3.63) is 10.6 Å². The zero-order valence-electron chi connectivity index (χ0n) is 7.99. The summed E-state index contributed by atoms with van der Waals surface area (Å²) in [5, 5.41) is 4.15. The van der Waals surface area contributed by atoms with E-state index < -0.39 is 0 Å². The average molecular weight is 294 g/mol. The minimum atomic E-state index is 0.0790. The van der Waals surface area contributed by atoms with Gasteiger partial charge in [-0.15, -0.1) is 16.7 Å². The third kappa shape index (κ3) is 2.31. The summed E-state index contributed by atoms with van der Waals surface area (Å²) in [5.41, 5.74) is 0. The van der Waals surface area contributed by atoms with Crippen molar-refractivity contribution in [2.45, 2.75) is 19.5 Å². The van der Waals surface area contributed by atoms with Gasteiger partial charge in [-0.3, -0.25) is 4.79 Å². The molecule has 1 aromatic rings. The van der Waals surface area contributed by atoms with E-state index in [2.05, 4.69) is 26.0 Å². The van der Waals surface area contributed by atoms with E-state index in [9.17, 15) is 4.79 Å². The Labute approximate surface area is 101 Å². The van der Waals surface area contributed by atoms with Gasteiger partial charge in [0.25, 0.3) is 0 Å². The minimum Gasteiger partial charge on any atom is -0.333 e. The molecule has 2 rings (SSSR count). The molecule has 0 unspecified atom stereocenters. The van der Waals surface area contributed by atoms with E-state index in [0.717, 1.165) is 5.82 Å². The Balaban J connectivity index is 2.08. The summed E-state index contributed by atoms with van der Waals surface area (Å²) < 4.78 is 2.39. The summed E-state index contributed by atoms with van der Waals surface area (Å²) in [5.74, 6) is 1.26. The summed E-state index contributed by atoms with van der Waals surface area (Å²) in [6.45, 7) is 1.90. The predicted octanol–water partition coefficient (Wildman–Crippen LogP) is 1.01. The Bertz CT molecular complexity index is 381. The van der Waals surface area contributed by atoms with Gasteiger partial charge in [-0.25, -0.2) is 9.67 Å². The second kappa shape index (κ2) is 4.49. The quantitative estimate of drug-likeness (QED) is 0.765. The number of carbonyl (C=O) groups is 1. The maximum Gasteiger partial charge on any atom is 0.224 e. The Hall–Kier alpha value is -0.620. The largest absolute Gasteiger partial charge is 0.333 e. The maximum atomic E-state index is 11.6. The molecule has 0 fully saturated rings. The van der Waals surface area contributed by atoms with Crippen LogP contribution in [-0.2, 0) is 17.9 Å². The molecule has 0 radical (unpaired) electrons. The van der Waals surface area contributed by atoms with Crippen molar-refractivity contribution in [1.82, 2.24) is 19.7 Å². The van der Waals surface area contributed by atoms with Gasteiger partial charge in [-0.1, -0.05) is 0 Å². The molecule has 2 heterocycles. The highest BCUT2D eigenvalue weighted by molar-refractivity contribution is 9.10. The minimum absolute atomic E-state index is 0.0790. The van der Waals surface area contributed by atoms with Crippen LogP contribution in [0.2, 0.25) is 0 Å². The molecule has 1 aliphatic heterocycles. The Morgan fingerprint density at radius 3 is 3.07 bits per heavy atom. The van der Waals surface area contributed by atoms with E-state index in [1.165, 1.54) is 0 Å². The van der Waals surface area contributed by atoms with Crippen LogP contribution < -0.4 is 0 Å². The van der Waals surface area contributed by atoms with Crippen molar-refractivity contribution in [3.8, 4) is 0 Å². The molecule has 15 heavy (non-hydrogen) atoms. The lowest BCUT2D eigenvalue weighted by Gasteiger charge is -2.26. The normalized spacial score (nSPS) is 15.2. The second-order valence-electron chi connectivity index (χ2n) is 3.27. The van der Waals surface area contributed by atoms with E-state index >= 15 is 0 Å². The first-order valence-corrected chi connectivity index (χ1v) is 5.96. The van der Waals surface area contributed by atoms with Gasteiger partial charge in [0.05, 0.1) is 13.1 Å². The molecule has 0 aliphatic carbocycles. The number of amides is 1. The summed E-state index contributed by atoms with van der Waals surface area (Å²) in [6, 6.07) is 0. The molecule has 0 saturated carbocycles. The topological polar surface area (TPSA) is 51.0 Å². The summed E-state index contributed by atoms with van der Waals surface area (Å²) in [4.78, 5) is 17.5. The zero-order valence-corrected chi connectivity index (χ0v) is 10.3. The predicted molar refractivity (Wildman–Crippen MR) is 58.5 cm³/mol. The fraction of sp³-hybridized carbons (Fsp3) is 0.625. The van der Waals surface area contributed by atoms with Crippen molar-refractivity contribution in [2.75, 3.05) is 12.4 Å². The van der Waals surface area contributed by atoms with Crippen LogP contribution in [0.15, 0.2) is 4.73 Å². The highest BCUT2D eigenvalue weighted by atomic mass is 79.9. The zero-order chi connectivity index (χ0) is 10.8. The van der Waals surface area contributed by atoms with E-state index in [0.29, 0.717) is 36.7 Å². The summed E-state index contributed by atoms with van der Waals surface area (Å²) >= 11 is 8.74. The lowest BCUT2D eigenvalue weighted by atomic mass is 10.3. The van der Waals surface area contributed by atoms with E-state index in [4.69, 9.17) is 11.6 Å². The number of halogens is 2. The highest BCUT2D eigenvalue weighted by Crippen LogP contribution is 2.13. The first-order valence-electron chi connectivity index (χ1n) is 4.63. The molecular weight excluding hydrogens is 283 g/mol. The molecule has 7 heteroatoms. The third-order valence-corrected chi connectivity index (χ3v) is 2.82. The van der Waals surface area contributed by atoms with Crippen molar-refractivity contribution >= 4 is 33.4 Å². The van der Waals surface area contributed by atoms with Crippen LogP contribution in [0.1, 0.15) is 12.2 Å². The molecule has 82 valence electrons. The number of hydrogen-bond acceptors (Lipinski definition) is 3. The number of nitrogens with zero attached hydrogens (tertiary/aromatic N) is 4. The van der Waals surface area contributed by atoms with Gasteiger partial charge in [0.2, 0.25) is 10.6 Å². The molecule has 0 N–H and O–H groups in total. The van der Waals surface area contributed by atoms with Gasteiger partial charge in [-0.2, -0.15) is 0 Å². The van der Waals surface area contributed by atoms with Gasteiger partial charge in [-0.05, 0) is 15.9 Å². The first kappa shape index (κ1) is 10.9. The molecule has 0 bridgehead atoms. The Morgan fingerprint density at radius 2 is 2.33 bits per heavy atom. The first-order chi connectivity index (χ1) is 7.20. The van der Waals surface area contributed by atoms with Crippen molar-refractivity contribution in [3.63, 3.8) is 0 Å². The van der Waals surface area contributed by atoms with Gasteiger partial charge >= 0.3 is 0 Å². The Kier molecular flexibility index (Phi) is 3.25. The number of carbonyl (C=O) groups excluding carboxylic acids is 1. The van der Waals surface area contributed by atoms with Crippen LogP contribution in [0.25, 0.3) is 0 Å². The fourth-order valence-electron chi connectivity index (χ4n) is 1.56. The summed E-state index contributed by atoms with van der Waals surface area (Å²) in [7, 11) is 0. The number of rotatable bonds is 2. The van der Waals surface area contributed by atoms with Crippen LogP contribution >= 0.6 is 27.5 Å². The molecular formula is C8H10BrClN4O. The molecule has 0 saturated heterocycles. The second-order valence-corrected chi connectivity index (χ2v) is 4.36. The number of hydrogen-bond donors (Lipinski definition) is 0. The van der Waals surface area contributed by atoms with E-state index in [-0.39, 0.29) is 5.91 Å². The highest BCUT2D eigenvalue weighted by Gasteiger charge is 2.22. The van der Waals surface area contributed by atoms with Gasteiger partial charge in [0.15, 0.2) is 0 Å². The SMILES string of the molecule is O=C(CCCl)N1CCn2nc(Br)nc2C1. The molecule has 1 aromatic heterocycles. The molecule has 0 aromatic carbocycles. The number of aromatic nitrogens is 3. The third-order valence-electron chi connectivity index (χ3n) is 2.30. The van der Waals surface area contributed by atoms with Crippen LogP contribution in [0.4, 0.5) is 0 Å². The lowest BCUT2D eigenvalue weighted by Crippen LogP contribution is -2.38.